The number of ketones is 1. The van der Waals surface area contributed by atoms with Crippen molar-refractivity contribution in [3.63, 3.8) is 0 Å². The zero-order chi connectivity index (χ0) is 16.6. The first kappa shape index (κ1) is 20.2. The number of hydrogen-bond acceptors (Lipinski definition) is 1. The number of rotatable bonds is 6. The third kappa shape index (κ3) is 19.2. The van der Waals surface area contributed by atoms with E-state index in [4.69, 9.17) is 0 Å². The second kappa shape index (κ2) is 7.01. The molecule has 0 aromatic heterocycles. The summed E-state index contributed by atoms with van der Waals surface area (Å²) in [4.78, 5) is 11.6. The molecule has 1 rings (SSSR count). The van der Waals surface area contributed by atoms with E-state index in [9.17, 15) is 30.0 Å². The summed E-state index contributed by atoms with van der Waals surface area (Å²) in [6, 6.07) is 9.51. The number of Topliss-reactive ketones (excluding diaryl/α,β-unsaturated/α-hetero) is 1. The number of halogens is 6. The maximum absolute atomic E-state index is 11.6. The molecule has 0 bridgehead atoms. The number of hydrogen-bond donors (Lipinski definition) is 0. The maximum atomic E-state index is 11.6. The van der Waals surface area contributed by atoms with Crippen LogP contribution in [0.15, 0.2) is 30.3 Å². The van der Waals surface area contributed by atoms with E-state index in [1.165, 1.54) is 0 Å². The molecule has 0 aliphatic heterocycles. The van der Waals surface area contributed by atoms with E-state index in [2.05, 4.69) is 12.6 Å². The number of carbonyl (C=O) groups excluding carboxylic acids is 1. The van der Waals surface area contributed by atoms with Gasteiger partial charge < -0.3 is 0 Å². The van der Waals surface area contributed by atoms with Crippen LogP contribution in [0.3, 0.4) is 0 Å². The van der Waals surface area contributed by atoms with E-state index in [1.54, 1.807) is 0 Å². The van der Waals surface area contributed by atoms with Gasteiger partial charge in [0.1, 0.15) is 5.75 Å². The van der Waals surface area contributed by atoms with Crippen LogP contribution in [0.4, 0.5) is 25.2 Å². The van der Waals surface area contributed by atoms with E-state index in [1.807, 2.05) is 30.3 Å². The van der Waals surface area contributed by atoms with E-state index in [0.717, 1.165) is 30.6 Å². The minimum absolute atomic E-state index is 0.263. The van der Waals surface area contributed by atoms with Crippen molar-refractivity contribution >= 4 is 26.2 Å². The maximum Gasteiger partial charge on any atom is 0.162 e. The van der Waals surface area contributed by atoms with Gasteiger partial charge in [-0.25, -0.2) is 0 Å². The third-order valence-corrected chi connectivity index (χ3v) is 2.53. The molecule has 1 nitrogen and oxygen atoms in total. The van der Waals surface area contributed by atoms with Crippen LogP contribution in [0, 0.1) is 0 Å². The first-order valence-corrected chi connectivity index (χ1v) is 8.82. The molecule has 0 atom stereocenters. The second-order valence-electron chi connectivity index (χ2n) is 4.31. The predicted octanol–water partition coefficient (Wildman–Crippen LogP) is 5.82. The van der Waals surface area contributed by atoms with Crippen molar-refractivity contribution in [3.05, 3.63) is 35.9 Å². The number of unbranched alkanes of at least 4 members (excludes halogenated alkanes) is 2. The van der Waals surface area contributed by atoms with Crippen LogP contribution < -0.4 is 0 Å². The van der Waals surface area contributed by atoms with Crippen LogP contribution in [0.5, 0.6) is 0 Å². The Kier molecular flexibility index (Phi) is 6.76. The third-order valence-electron chi connectivity index (χ3n) is 2.18. The Balaban J connectivity index is 0.000000486. The van der Waals surface area contributed by atoms with Crippen LogP contribution in [-0.2, 0) is 12.6 Å². The molecule has 21 heavy (non-hydrogen) atoms. The monoisotopic (exact) mass is 354 g/mol. The van der Waals surface area contributed by atoms with Gasteiger partial charge in [0.05, 0.1) is 0 Å². The van der Waals surface area contributed by atoms with Gasteiger partial charge in [-0.15, -0.1) is 0 Å². The Hall–Kier alpha value is -0.750. The van der Waals surface area contributed by atoms with Crippen molar-refractivity contribution in [2.75, 3.05) is 5.75 Å². The molecular weight excluding hydrogens is 337 g/mol. The Morgan fingerprint density at radius 1 is 0.905 bits per heavy atom. The minimum Gasteiger partial charge on any atom is -0.294 e. The summed E-state index contributed by atoms with van der Waals surface area (Å²) in [5, 5.41) is 0. The molecule has 0 saturated carbocycles. The molecule has 9 heteroatoms. The largest absolute Gasteiger partial charge is 0.294 e. The van der Waals surface area contributed by atoms with Crippen molar-refractivity contribution < 1.29 is 30.0 Å². The van der Waals surface area contributed by atoms with Crippen LogP contribution in [-0.4, -0.2) is 11.5 Å². The second-order valence-corrected chi connectivity index (χ2v) is 6.72. The molecule has 0 spiro atoms. The molecule has 1 aromatic carbocycles. The predicted molar refractivity (Wildman–Crippen MR) is 77.8 cm³/mol. The molecule has 0 unspecified atom stereocenters. The summed E-state index contributed by atoms with van der Waals surface area (Å²) < 4.78 is 59.2. The van der Waals surface area contributed by atoms with E-state index in [0.29, 0.717) is 6.42 Å². The summed E-state index contributed by atoms with van der Waals surface area (Å²) in [5.41, 5.74) is 0.839. The van der Waals surface area contributed by atoms with Crippen LogP contribution in [0.1, 0.15) is 36.0 Å². The van der Waals surface area contributed by atoms with E-state index in [-0.39, 0.29) is 5.78 Å². The quantitative estimate of drug-likeness (QED) is 0.207. The van der Waals surface area contributed by atoms with Gasteiger partial charge in [-0.3, -0.25) is 4.79 Å². The summed E-state index contributed by atoms with van der Waals surface area (Å²) in [6.45, 7) is 0. The molecule has 1 aromatic rings. The van der Waals surface area contributed by atoms with Gasteiger partial charge in [0.25, 0.3) is 0 Å². The zero-order valence-corrected chi connectivity index (χ0v) is 12.9. The molecule has 0 fully saturated rings. The first-order valence-electron chi connectivity index (χ1n) is 6.09. The zero-order valence-electron chi connectivity index (χ0n) is 11.0. The smallest absolute Gasteiger partial charge is 0.162 e. The van der Waals surface area contributed by atoms with Gasteiger partial charge in [-0.05, 0) is 31.9 Å². The molecule has 0 aliphatic rings. The Morgan fingerprint density at radius 2 is 1.38 bits per heavy atom. The summed E-state index contributed by atoms with van der Waals surface area (Å²) in [7, 11) is -10.7. The SMILES string of the molecule is F[P-](F)(F)(F)(F)F.O=C(CCCCC[SH2+])c1ccccc1. The molecule has 0 amide bonds. The van der Waals surface area contributed by atoms with Gasteiger partial charge in [0, 0.05) is 12.0 Å². The van der Waals surface area contributed by atoms with Gasteiger partial charge in [-0.2, -0.15) is 0 Å². The Labute approximate surface area is 124 Å². The summed E-state index contributed by atoms with van der Waals surface area (Å²) >= 11 is 3.42. The van der Waals surface area contributed by atoms with Crippen LogP contribution in [0.2, 0.25) is 0 Å². The van der Waals surface area contributed by atoms with Gasteiger partial charge in [0.15, 0.2) is 5.78 Å². The molecule has 124 valence electrons. The molecule has 0 N–H and O–H groups in total. The summed E-state index contributed by atoms with van der Waals surface area (Å²) in [6.07, 6.45) is 3.95. The fourth-order valence-corrected chi connectivity index (χ4v) is 1.61. The van der Waals surface area contributed by atoms with E-state index >= 15 is 0 Å². The Morgan fingerprint density at radius 3 is 1.81 bits per heavy atom. The van der Waals surface area contributed by atoms with Gasteiger partial charge >= 0.3 is 33.0 Å². The fraction of sp³-hybridized carbons (Fsp3) is 0.417. The first-order chi connectivity index (χ1) is 9.29. The average molecular weight is 354 g/mol. The van der Waals surface area contributed by atoms with Gasteiger partial charge in [-0.1, -0.05) is 30.3 Å². The average Bonchev–Trinajstić information content (AvgIpc) is 2.32. The Bertz CT molecular complexity index is 433. The number of carbonyl (C=O) groups is 1. The van der Waals surface area contributed by atoms with Crippen molar-refractivity contribution in [2.45, 2.75) is 25.7 Å². The normalized spacial score (nSPS) is 14.4. The van der Waals surface area contributed by atoms with Crippen molar-refractivity contribution in [1.82, 2.24) is 0 Å². The summed E-state index contributed by atoms with van der Waals surface area (Å²) in [5.74, 6) is 1.29. The molecular formula is C12H17F6OPS. The van der Waals surface area contributed by atoms with Gasteiger partial charge in [0.2, 0.25) is 0 Å². The molecule has 0 aliphatic carbocycles. The molecule has 0 heterocycles. The van der Waals surface area contributed by atoms with Crippen LogP contribution in [0.25, 0.3) is 0 Å². The molecule has 0 radical (unpaired) electrons. The number of benzene rings is 1. The molecule has 0 saturated heterocycles. The minimum atomic E-state index is -10.7. The topological polar surface area (TPSA) is 17.1 Å². The fourth-order valence-electron chi connectivity index (χ4n) is 1.36. The van der Waals surface area contributed by atoms with E-state index < -0.39 is 7.81 Å². The van der Waals surface area contributed by atoms with Crippen LogP contribution >= 0.6 is 7.81 Å². The van der Waals surface area contributed by atoms with Crippen molar-refractivity contribution in [2.24, 2.45) is 0 Å². The van der Waals surface area contributed by atoms with Crippen molar-refractivity contribution in [1.29, 1.82) is 0 Å². The standard InChI is InChI=1S/C12H16OS.F6P/c13-12(9-5-2-6-10-14)11-7-3-1-4-8-11;1-7(2,3,4,5)6/h1,3-4,7-8,14H,2,5-6,9-10H2;/q;-1/p+1. The van der Waals surface area contributed by atoms with Crippen molar-refractivity contribution in [3.8, 4) is 0 Å².